The van der Waals surface area contributed by atoms with Crippen LogP contribution in [0.5, 0.6) is 0 Å². The molecule has 25 heavy (non-hydrogen) atoms. The number of hydrogen-bond donors (Lipinski definition) is 1. The van der Waals surface area contributed by atoms with Crippen LogP contribution < -0.4 is 5.32 Å². The van der Waals surface area contributed by atoms with Crippen LogP contribution in [0.25, 0.3) is 11.1 Å². The van der Waals surface area contributed by atoms with E-state index in [9.17, 15) is 4.79 Å². The Hall–Kier alpha value is -3.09. The highest BCUT2D eigenvalue weighted by molar-refractivity contribution is 5.94. The number of rotatable bonds is 5. The van der Waals surface area contributed by atoms with Gasteiger partial charge in [0.05, 0.1) is 6.04 Å². The maximum Gasteiger partial charge on any atom is 0.251 e. The highest BCUT2D eigenvalue weighted by Gasteiger charge is 2.17. The lowest BCUT2D eigenvalue weighted by Gasteiger charge is -2.17. The Bertz CT molecular complexity index is 842. The van der Waals surface area contributed by atoms with E-state index in [2.05, 4.69) is 25.5 Å². The molecule has 0 fully saturated rings. The first-order chi connectivity index (χ1) is 12.1. The lowest BCUT2D eigenvalue weighted by molar-refractivity contribution is 0.0937. The number of carbonyl (C=O) groups is 1. The smallest absolute Gasteiger partial charge is 0.251 e. The monoisotopic (exact) mass is 336 g/mol. The minimum Gasteiger partial charge on any atom is -0.342 e. The molecule has 0 aliphatic rings. The Kier molecular flexibility index (Phi) is 4.83. The molecule has 0 saturated heterocycles. The highest BCUT2D eigenvalue weighted by Crippen LogP contribution is 2.19. The van der Waals surface area contributed by atoms with Gasteiger partial charge in [0.2, 0.25) is 0 Å². The van der Waals surface area contributed by atoms with E-state index >= 15 is 0 Å². The van der Waals surface area contributed by atoms with Gasteiger partial charge in [-0.3, -0.25) is 4.79 Å². The molecule has 2 aromatic heterocycles. The lowest BCUT2D eigenvalue weighted by atomic mass is 10.1. The van der Waals surface area contributed by atoms with Crippen molar-refractivity contribution >= 4 is 5.91 Å². The molecule has 3 rings (SSSR count). The van der Waals surface area contributed by atoms with Crippen LogP contribution in [-0.4, -0.2) is 30.6 Å². The van der Waals surface area contributed by atoms with Crippen LogP contribution in [0.15, 0.2) is 49.3 Å². The zero-order valence-electron chi connectivity index (χ0n) is 14.4. The molecule has 7 heteroatoms. The van der Waals surface area contributed by atoms with Gasteiger partial charge in [0, 0.05) is 29.6 Å². The summed E-state index contributed by atoms with van der Waals surface area (Å²) in [6.07, 6.45) is 6.65. The second-order valence-corrected chi connectivity index (χ2v) is 6.09. The largest absolute Gasteiger partial charge is 0.342 e. The van der Waals surface area contributed by atoms with Crippen molar-refractivity contribution in [1.82, 2.24) is 30.0 Å². The maximum atomic E-state index is 12.5. The van der Waals surface area contributed by atoms with Gasteiger partial charge in [0.25, 0.3) is 5.91 Å². The fourth-order valence-corrected chi connectivity index (χ4v) is 2.57. The van der Waals surface area contributed by atoms with E-state index in [-0.39, 0.29) is 18.0 Å². The third-order valence-electron chi connectivity index (χ3n) is 3.93. The average Bonchev–Trinajstić information content (AvgIpc) is 3.13. The lowest BCUT2D eigenvalue weighted by Crippen LogP contribution is -2.29. The molecule has 0 aliphatic heterocycles. The van der Waals surface area contributed by atoms with Gasteiger partial charge in [0.15, 0.2) is 5.82 Å². The summed E-state index contributed by atoms with van der Waals surface area (Å²) in [4.78, 5) is 20.5. The number of aromatic nitrogens is 5. The summed E-state index contributed by atoms with van der Waals surface area (Å²) in [5.74, 6) is 0.586. The molecule has 0 unspecified atom stereocenters. The van der Waals surface area contributed by atoms with Crippen LogP contribution >= 0.6 is 0 Å². The Morgan fingerprint density at radius 1 is 1.04 bits per heavy atom. The number of carbonyl (C=O) groups excluding carboxylic acids is 1. The van der Waals surface area contributed by atoms with E-state index in [1.54, 1.807) is 30.9 Å². The molecule has 0 spiro atoms. The number of nitrogens with zero attached hydrogens (tertiary/aromatic N) is 5. The Morgan fingerprint density at radius 2 is 1.72 bits per heavy atom. The van der Waals surface area contributed by atoms with Gasteiger partial charge in [0.1, 0.15) is 12.7 Å². The third kappa shape index (κ3) is 3.71. The van der Waals surface area contributed by atoms with E-state index < -0.39 is 0 Å². The highest BCUT2D eigenvalue weighted by atomic mass is 16.1. The fraction of sp³-hybridized carbons (Fsp3) is 0.278. The van der Waals surface area contributed by atoms with Gasteiger partial charge in [-0.15, -0.1) is 10.2 Å². The van der Waals surface area contributed by atoms with E-state index in [0.29, 0.717) is 5.56 Å². The van der Waals surface area contributed by atoms with Crippen molar-refractivity contribution in [3.05, 3.63) is 60.7 Å². The SMILES string of the molecule is CC(C)n1cnnc1[C@@H](C)NC(=O)c1ccc(-c2cncnc2)cc1. The summed E-state index contributed by atoms with van der Waals surface area (Å²) in [6.45, 7) is 6.00. The van der Waals surface area contributed by atoms with Gasteiger partial charge in [-0.05, 0) is 38.5 Å². The minimum atomic E-state index is -0.236. The van der Waals surface area contributed by atoms with Crippen molar-refractivity contribution in [2.24, 2.45) is 0 Å². The normalized spacial score (nSPS) is 12.2. The van der Waals surface area contributed by atoms with Crippen LogP contribution in [0.3, 0.4) is 0 Å². The average molecular weight is 336 g/mol. The number of benzene rings is 1. The quantitative estimate of drug-likeness (QED) is 0.774. The number of hydrogen-bond acceptors (Lipinski definition) is 5. The number of amides is 1. The summed E-state index contributed by atoms with van der Waals surface area (Å²) >= 11 is 0. The molecule has 7 nitrogen and oxygen atoms in total. The van der Waals surface area contributed by atoms with Crippen LogP contribution in [0.1, 0.15) is 49.0 Å². The van der Waals surface area contributed by atoms with Crippen molar-refractivity contribution in [2.45, 2.75) is 32.9 Å². The molecule has 0 bridgehead atoms. The molecule has 0 saturated carbocycles. The predicted octanol–water partition coefficient (Wildman–Crippen LogP) is 2.81. The van der Waals surface area contributed by atoms with E-state index in [4.69, 9.17) is 0 Å². The summed E-state index contributed by atoms with van der Waals surface area (Å²) in [5.41, 5.74) is 2.46. The summed E-state index contributed by atoms with van der Waals surface area (Å²) in [7, 11) is 0. The minimum absolute atomic E-state index is 0.151. The molecule has 1 N–H and O–H groups in total. The predicted molar refractivity (Wildman–Crippen MR) is 93.8 cm³/mol. The second kappa shape index (κ2) is 7.21. The van der Waals surface area contributed by atoms with Crippen molar-refractivity contribution < 1.29 is 4.79 Å². The van der Waals surface area contributed by atoms with Crippen molar-refractivity contribution in [3.63, 3.8) is 0 Å². The molecular weight excluding hydrogens is 316 g/mol. The standard InChI is InChI=1S/C18H20N6O/c1-12(2)24-11-21-23-17(24)13(3)22-18(25)15-6-4-14(5-7-15)16-8-19-10-20-9-16/h4-13H,1-3H3,(H,22,25)/t13-/m1/s1. The molecule has 1 aromatic carbocycles. The van der Waals surface area contributed by atoms with Gasteiger partial charge in [-0.25, -0.2) is 9.97 Å². The van der Waals surface area contributed by atoms with Crippen molar-refractivity contribution in [2.75, 3.05) is 0 Å². The number of nitrogens with one attached hydrogen (secondary N) is 1. The van der Waals surface area contributed by atoms with Crippen LogP contribution in [0.4, 0.5) is 0 Å². The maximum absolute atomic E-state index is 12.5. The topological polar surface area (TPSA) is 85.6 Å². The molecule has 3 aromatic rings. The Labute approximate surface area is 146 Å². The van der Waals surface area contributed by atoms with Crippen molar-refractivity contribution in [3.8, 4) is 11.1 Å². The summed E-state index contributed by atoms with van der Waals surface area (Å²) in [5, 5.41) is 11.0. The zero-order valence-corrected chi connectivity index (χ0v) is 14.4. The van der Waals surface area contributed by atoms with Crippen LogP contribution in [0.2, 0.25) is 0 Å². The second-order valence-electron chi connectivity index (χ2n) is 6.09. The molecule has 0 aliphatic carbocycles. The van der Waals surface area contributed by atoms with Crippen molar-refractivity contribution in [1.29, 1.82) is 0 Å². The first-order valence-corrected chi connectivity index (χ1v) is 8.12. The molecule has 128 valence electrons. The molecular formula is C18H20N6O. The van der Waals surface area contributed by atoms with Gasteiger partial charge in [-0.1, -0.05) is 12.1 Å². The molecule has 1 atom stereocenters. The van der Waals surface area contributed by atoms with Gasteiger partial charge < -0.3 is 9.88 Å². The summed E-state index contributed by atoms with van der Waals surface area (Å²) in [6, 6.07) is 7.34. The summed E-state index contributed by atoms with van der Waals surface area (Å²) < 4.78 is 1.95. The van der Waals surface area contributed by atoms with Gasteiger partial charge >= 0.3 is 0 Å². The van der Waals surface area contributed by atoms with Gasteiger partial charge in [-0.2, -0.15) is 0 Å². The van der Waals surface area contributed by atoms with E-state index in [0.717, 1.165) is 17.0 Å². The van der Waals surface area contributed by atoms with Crippen LogP contribution in [-0.2, 0) is 0 Å². The zero-order chi connectivity index (χ0) is 17.8. The molecule has 2 heterocycles. The van der Waals surface area contributed by atoms with E-state index in [1.165, 1.54) is 6.33 Å². The fourth-order valence-electron chi connectivity index (χ4n) is 2.57. The first kappa shape index (κ1) is 16.8. The van der Waals surface area contributed by atoms with Crippen LogP contribution in [0, 0.1) is 0 Å². The third-order valence-corrected chi connectivity index (χ3v) is 3.93. The molecule has 0 radical (unpaired) electrons. The molecule has 1 amide bonds. The Morgan fingerprint density at radius 3 is 2.36 bits per heavy atom. The first-order valence-electron chi connectivity index (χ1n) is 8.12. The Balaban J connectivity index is 1.72. The van der Waals surface area contributed by atoms with E-state index in [1.807, 2.05) is 37.5 Å².